The normalized spacial score (nSPS) is 26.2. The van der Waals surface area contributed by atoms with Crippen LogP contribution in [0.25, 0.3) is 0 Å². The number of carboxylic acid groups (broad SMARTS) is 1. The van der Waals surface area contributed by atoms with Gasteiger partial charge in [0, 0.05) is 24.6 Å². The summed E-state index contributed by atoms with van der Waals surface area (Å²) in [5, 5.41) is 12.1. The lowest BCUT2D eigenvalue weighted by Crippen LogP contribution is -2.54. The fourth-order valence-corrected chi connectivity index (χ4v) is 3.89. The Kier molecular flexibility index (Phi) is 4.60. The zero-order chi connectivity index (χ0) is 13.9. The van der Waals surface area contributed by atoms with Crippen molar-refractivity contribution in [2.75, 3.05) is 24.6 Å². The summed E-state index contributed by atoms with van der Waals surface area (Å²) in [7, 11) is 0. The molecule has 2 aliphatic rings. The van der Waals surface area contributed by atoms with Crippen LogP contribution in [0.4, 0.5) is 4.79 Å². The summed E-state index contributed by atoms with van der Waals surface area (Å²) >= 11 is 1.59. The summed E-state index contributed by atoms with van der Waals surface area (Å²) in [5.74, 6) is 0.392. The van der Waals surface area contributed by atoms with Crippen molar-refractivity contribution >= 4 is 23.8 Å². The van der Waals surface area contributed by atoms with Crippen molar-refractivity contribution in [3.8, 4) is 0 Å². The lowest BCUT2D eigenvalue weighted by molar-refractivity contribution is -0.141. The lowest BCUT2D eigenvalue weighted by Gasteiger charge is -2.34. The Morgan fingerprint density at radius 1 is 1.42 bits per heavy atom. The number of thioether (sulfide) groups is 1. The van der Waals surface area contributed by atoms with Crippen LogP contribution in [0.3, 0.4) is 0 Å². The van der Waals surface area contributed by atoms with Crippen LogP contribution >= 0.6 is 11.8 Å². The molecule has 0 radical (unpaired) electrons. The minimum Gasteiger partial charge on any atom is -0.480 e. The van der Waals surface area contributed by atoms with Crippen LogP contribution in [-0.2, 0) is 4.79 Å². The molecule has 0 bridgehead atoms. The quantitative estimate of drug-likeness (QED) is 0.829. The van der Waals surface area contributed by atoms with Gasteiger partial charge >= 0.3 is 12.0 Å². The Morgan fingerprint density at radius 2 is 2.11 bits per heavy atom. The second-order valence-corrected chi connectivity index (χ2v) is 6.95. The Hall–Kier alpha value is -0.910. The van der Waals surface area contributed by atoms with Crippen LogP contribution in [0.1, 0.15) is 32.6 Å². The molecular weight excluding hydrogens is 264 g/mol. The van der Waals surface area contributed by atoms with Crippen LogP contribution in [0.5, 0.6) is 0 Å². The van der Waals surface area contributed by atoms with E-state index in [1.54, 1.807) is 11.8 Å². The summed E-state index contributed by atoms with van der Waals surface area (Å²) in [6.07, 6.45) is 4.74. The average molecular weight is 286 g/mol. The highest BCUT2D eigenvalue weighted by molar-refractivity contribution is 7.99. The molecule has 0 aromatic heterocycles. The highest BCUT2D eigenvalue weighted by Crippen LogP contribution is 2.36. The number of nitrogens with zero attached hydrogens (tertiary/aromatic N) is 1. The topological polar surface area (TPSA) is 69.6 Å². The van der Waals surface area contributed by atoms with Crippen LogP contribution in [0.15, 0.2) is 0 Å². The van der Waals surface area contributed by atoms with Crippen molar-refractivity contribution in [2.45, 2.75) is 38.6 Å². The molecule has 2 N–H and O–H groups in total. The molecule has 1 aliphatic carbocycles. The summed E-state index contributed by atoms with van der Waals surface area (Å²) in [6, 6.07) is -0.907. The largest absolute Gasteiger partial charge is 0.480 e. The molecule has 5 nitrogen and oxygen atoms in total. The Bertz CT molecular complexity index is 356. The van der Waals surface area contributed by atoms with Gasteiger partial charge in [0.25, 0.3) is 0 Å². The monoisotopic (exact) mass is 286 g/mol. The van der Waals surface area contributed by atoms with E-state index in [2.05, 4.69) is 12.2 Å². The number of aliphatic carboxylic acids is 1. The molecule has 0 aromatic carbocycles. The van der Waals surface area contributed by atoms with Crippen molar-refractivity contribution in [1.82, 2.24) is 10.2 Å². The van der Waals surface area contributed by atoms with Crippen LogP contribution in [0, 0.1) is 5.41 Å². The van der Waals surface area contributed by atoms with E-state index in [1.165, 1.54) is 17.7 Å². The highest BCUT2D eigenvalue weighted by atomic mass is 32.2. The molecule has 2 rings (SSSR count). The standard InChI is InChI=1S/C13H22N2O3S/c1-13(4-2-3-5-13)9-14-12(18)15-6-7-19-8-10(15)11(16)17/h10H,2-9H2,1H3,(H,14,18)(H,16,17). The number of carbonyl (C=O) groups excluding carboxylic acids is 1. The predicted molar refractivity (Wildman–Crippen MR) is 75.4 cm³/mol. The van der Waals surface area contributed by atoms with Gasteiger partial charge in [-0.15, -0.1) is 0 Å². The molecule has 0 spiro atoms. The number of carboxylic acids is 1. The molecule has 2 fully saturated rings. The molecule has 6 heteroatoms. The van der Waals surface area contributed by atoms with Gasteiger partial charge in [0.15, 0.2) is 0 Å². The summed E-state index contributed by atoms with van der Waals surface area (Å²) in [6.45, 7) is 3.37. The van der Waals surface area contributed by atoms with E-state index >= 15 is 0 Å². The number of nitrogens with one attached hydrogen (secondary N) is 1. The van der Waals surface area contributed by atoms with Crippen molar-refractivity contribution in [2.24, 2.45) is 5.41 Å². The number of amides is 2. The Morgan fingerprint density at radius 3 is 2.74 bits per heavy atom. The van der Waals surface area contributed by atoms with Crippen molar-refractivity contribution < 1.29 is 14.7 Å². The maximum Gasteiger partial charge on any atom is 0.327 e. The van der Waals surface area contributed by atoms with Gasteiger partial charge in [-0.05, 0) is 18.3 Å². The molecule has 1 aliphatic heterocycles. The van der Waals surface area contributed by atoms with Gasteiger partial charge < -0.3 is 15.3 Å². The first kappa shape index (κ1) is 14.5. The first-order chi connectivity index (χ1) is 9.02. The van der Waals surface area contributed by atoms with Gasteiger partial charge in [-0.3, -0.25) is 0 Å². The molecule has 108 valence electrons. The third-order valence-electron chi connectivity index (χ3n) is 4.15. The second-order valence-electron chi connectivity index (χ2n) is 5.80. The molecule has 1 saturated heterocycles. The van der Waals surface area contributed by atoms with Gasteiger partial charge in [-0.1, -0.05) is 19.8 Å². The van der Waals surface area contributed by atoms with Crippen LogP contribution < -0.4 is 5.32 Å². The Labute approximate surface area is 118 Å². The van der Waals surface area contributed by atoms with E-state index in [4.69, 9.17) is 5.11 Å². The number of carbonyl (C=O) groups is 2. The van der Waals surface area contributed by atoms with E-state index in [1.807, 2.05) is 0 Å². The minimum absolute atomic E-state index is 0.193. The van der Waals surface area contributed by atoms with Gasteiger partial charge in [-0.25, -0.2) is 9.59 Å². The molecule has 2 amide bonds. The average Bonchev–Trinajstić information content (AvgIpc) is 2.83. The fourth-order valence-electron chi connectivity index (χ4n) is 2.85. The van der Waals surface area contributed by atoms with E-state index in [9.17, 15) is 9.59 Å². The van der Waals surface area contributed by atoms with Crippen LogP contribution in [0.2, 0.25) is 0 Å². The summed E-state index contributed by atoms with van der Waals surface area (Å²) in [5.41, 5.74) is 0.193. The second kappa shape index (κ2) is 6.03. The van der Waals surface area contributed by atoms with Gasteiger partial charge in [0.05, 0.1) is 0 Å². The van der Waals surface area contributed by atoms with E-state index in [-0.39, 0.29) is 11.4 Å². The number of hydrogen-bond donors (Lipinski definition) is 2. The zero-order valence-corrected chi connectivity index (χ0v) is 12.2. The number of hydrogen-bond acceptors (Lipinski definition) is 3. The first-order valence-corrected chi connectivity index (χ1v) is 8.02. The molecular formula is C13H22N2O3S. The van der Waals surface area contributed by atoms with Crippen molar-refractivity contribution in [1.29, 1.82) is 0 Å². The minimum atomic E-state index is -0.908. The number of rotatable bonds is 3. The third-order valence-corrected chi connectivity index (χ3v) is 5.17. The number of urea groups is 1. The smallest absolute Gasteiger partial charge is 0.327 e. The summed E-state index contributed by atoms with van der Waals surface area (Å²) < 4.78 is 0. The van der Waals surface area contributed by atoms with Crippen LogP contribution in [-0.4, -0.2) is 52.6 Å². The third kappa shape index (κ3) is 3.55. The molecule has 0 aromatic rings. The molecule has 1 unspecified atom stereocenters. The SMILES string of the molecule is CC1(CNC(=O)N2CCSCC2C(=O)O)CCCC1. The summed E-state index contributed by atoms with van der Waals surface area (Å²) in [4.78, 5) is 24.8. The zero-order valence-electron chi connectivity index (χ0n) is 11.4. The molecule has 1 atom stereocenters. The van der Waals surface area contributed by atoms with E-state index in [0.717, 1.165) is 18.6 Å². The fraction of sp³-hybridized carbons (Fsp3) is 0.846. The Balaban J connectivity index is 1.89. The first-order valence-electron chi connectivity index (χ1n) is 6.87. The molecule has 1 heterocycles. The maximum absolute atomic E-state index is 12.2. The maximum atomic E-state index is 12.2. The molecule has 19 heavy (non-hydrogen) atoms. The van der Waals surface area contributed by atoms with Crippen molar-refractivity contribution in [3.05, 3.63) is 0 Å². The predicted octanol–water partition coefficient (Wildman–Crippen LogP) is 1.78. The van der Waals surface area contributed by atoms with E-state index in [0.29, 0.717) is 18.8 Å². The van der Waals surface area contributed by atoms with Gasteiger partial charge in [0.2, 0.25) is 0 Å². The van der Waals surface area contributed by atoms with Gasteiger partial charge in [-0.2, -0.15) is 11.8 Å². The lowest BCUT2D eigenvalue weighted by atomic mass is 9.89. The van der Waals surface area contributed by atoms with E-state index < -0.39 is 12.0 Å². The van der Waals surface area contributed by atoms with Gasteiger partial charge in [0.1, 0.15) is 6.04 Å². The molecule has 1 saturated carbocycles. The van der Waals surface area contributed by atoms with Crippen molar-refractivity contribution in [3.63, 3.8) is 0 Å². The highest BCUT2D eigenvalue weighted by Gasteiger charge is 2.34.